The van der Waals surface area contributed by atoms with Gasteiger partial charge >= 0.3 is 6.18 Å². The van der Waals surface area contributed by atoms with Crippen LogP contribution < -0.4 is 9.80 Å². The number of aromatic nitrogens is 5. The van der Waals surface area contributed by atoms with E-state index < -0.39 is 17.9 Å². The minimum Gasteiger partial charge on any atom is -0.378 e. The van der Waals surface area contributed by atoms with Crippen molar-refractivity contribution in [2.45, 2.75) is 18.6 Å². The summed E-state index contributed by atoms with van der Waals surface area (Å²) in [7, 11) is 0. The Balaban J connectivity index is 1.45. The Labute approximate surface area is 209 Å². The zero-order valence-electron chi connectivity index (χ0n) is 19.0. The molecule has 1 aromatic carbocycles. The molecule has 6 rings (SSSR count). The van der Waals surface area contributed by atoms with Crippen molar-refractivity contribution < 1.29 is 17.9 Å². The van der Waals surface area contributed by atoms with Crippen molar-refractivity contribution in [3.63, 3.8) is 0 Å². The Hall–Kier alpha value is -3.44. The SMILES string of the molecule is FC(F)(F)c1ccnc(N2CCc3c([nH]c4ccc(Cl)cc34)C2c2cnc(N3CCOCC3)nc2)n1. The minimum absolute atomic E-state index is 0.00517. The zero-order chi connectivity index (χ0) is 24.9. The van der Waals surface area contributed by atoms with Crippen molar-refractivity contribution in [1.82, 2.24) is 24.9 Å². The number of halogens is 4. The Morgan fingerprint density at radius 3 is 2.53 bits per heavy atom. The summed E-state index contributed by atoms with van der Waals surface area (Å²) >= 11 is 6.26. The molecule has 0 spiro atoms. The van der Waals surface area contributed by atoms with Crippen molar-refractivity contribution >= 4 is 34.4 Å². The number of hydrogen-bond acceptors (Lipinski definition) is 7. The summed E-state index contributed by atoms with van der Waals surface area (Å²) in [6.07, 6.45) is 0.585. The van der Waals surface area contributed by atoms with Gasteiger partial charge < -0.3 is 19.5 Å². The first-order chi connectivity index (χ1) is 17.4. The van der Waals surface area contributed by atoms with E-state index in [4.69, 9.17) is 16.3 Å². The van der Waals surface area contributed by atoms with Crippen molar-refractivity contribution in [2.24, 2.45) is 0 Å². The van der Waals surface area contributed by atoms with Gasteiger partial charge in [-0.15, -0.1) is 0 Å². The number of H-pyrrole nitrogens is 1. The van der Waals surface area contributed by atoms with Gasteiger partial charge in [0.2, 0.25) is 11.9 Å². The number of alkyl halides is 3. The second kappa shape index (κ2) is 8.90. The van der Waals surface area contributed by atoms with Crippen molar-refractivity contribution in [2.75, 3.05) is 42.6 Å². The fraction of sp³-hybridized carbons (Fsp3) is 0.333. The molecule has 2 aliphatic rings. The average molecular weight is 516 g/mol. The molecule has 8 nitrogen and oxygen atoms in total. The number of morpholine rings is 1. The van der Waals surface area contributed by atoms with Crippen LogP contribution in [0, 0.1) is 0 Å². The number of hydrogen-bond donors (Lipinski definition) is 1. The molecule has 1 unspecified atom stereocenters. The summed E-state index contributed by atoms with van der Waals surface area (Å²) in [6.45, 7) is 3.01. The molecule has 1 saturated heterocycles. The second-order valence-corrected chi connectivity index (χ2v) is 9.14. The number of nitrogens with zero attached hydrogens (tertiary/aromatic N) is 6. The number of aromatic amines is 1. The normalized spacial score (nSPS) is 18.5. The monoisotopic (exact) mass is 515 g/mol. The maximum Gasteiger partial charge on any atom is 0.433 e. The van der Waals surface area contributed by atoms with Gasteiger partial charge in [0.15, 0.2) is 0 Å². The summed E-state index contributed by atoms with van der Waals surface area (Å²) in [5.74, 6) is 0.581. The molecular formula is C24H21ClF3N7O. The quantitative estimate of drug-likeness (QED) is 0.433. The van der Waals surface area contributed by atoms with Crippen LogP contribution in [-0.2, 0) is 17.3 Å². The standard InChI is InChI=1S/C24H21ClF3N7O/c25-15-1-2-18-17(11-15)16-4-6-35(23-29-5-3-19(33-23)24(26,27)28)21(20(16)32-18)14-12-30-22(31-13-14)34-7-9-36-10-8-34/h1-3,5,11-13,21,32H,4,6-10H2. The maximum atomic E-state index is 13.4. The molecule has 12 heteroatoms. The van der Waals surface area contributed by atoms with Gasteiger partial charge in [0, 0.05) is 65.4 Å². The molecule has 0 bridgehead atoms. The van der Waals surface area contributed by atoms with Crippen molar-refractivity contribution in [3.05, 3.63) is 70.4 Å². The van der Waals surface area contributed by atoms with Gasteiger partial charge in [-0.1, -0.05) is 11.6 Å². The molecule has 0 radical (unpaired) electrons. The highest BCUT2D eigenvalue weighted by Gasteiger charge is 2.37. The average Bonchev–Trinajstić information content (AvgIpc) is 3.26. The zero-order valence-corrected chi connectivity index (χ0v) is 19.7. The Kier molecular flexibility index (Phi) is 5.68. The fourth-order valence-electron chi connectivity index (χ4n) is 4.87. The second-order valence-electron chi connectivity index (χ2n) is 8.71. The lowest BCUT2D eigenvalue weighted by Crippen LogP contribution is -2.38. The molecule has 2 aliphatic heterocycles. The Bertz CT molecular complexity index is 1400. The van der Waals surface area contributed by atoms with Crippen LogP contribution in [0.3, 0.4) is 0 Å². The molecule has 0 aliphatic carbocycles. The molecule has 3 aromatic heterocycles. The van der Waals surface area contributed by atoms with Crippen LogP contribution in [0.25, 0.3) is 10.9 Å². The van der Waals surface area contributed by atoms with Crippen LogP contribution in [0.4, 0.5) is 25.1 Å². The third-order valence-corrected chi connectivity index (χ3v) is 6.78. The van der Waals surface area contributed by atoms with E-state index in [1.807, 2.05) is 17.0 Å². The van der Waals surface area contributed by atoms with Gasteiger partial charge in [0.05, 0.1) is 13.2 Å². The summed E-state index contributed by atoms with van der Waals surface area (Å²) in [5.41, 5.74) is 2.51. The highest BCUT2D eigenvalue weighted by Crippen LogP contribution is 2.40. The molecule has 36 heavy (non-hydrogen) atoms. The summed E-state index contributed by atoms with van der Waals surface area (Å²) in [5, 5.41) is 1.60. The molecule has 1 N–H and O–H groups in total. The molecule has 0 amide bonds. The molecule has 5 heterocycles. The third-order valence-electron chi connectivity index (χ3n) is 6.55. The number of nitrogens with one attached hydrogen (secondary N) is 1. The highest BCUT2D eigenvalue weighted by atomic mass is 35.5. The van der Waals surface area contributed by atoms with Crippen LogP contribution in [0.2, 0.25) is 5.02 Å². The smallest absolute Gasteiger partial charge is 0.378 e. The van der Waals surface area contributed by atoms with E-state index in [1.165, 1.54) is 0 Å². The molecule has 0 saturated carbocycles. The largest absolute Gasteiger partial charge is 0.433 e. The summed E-state index contributed by atoms with van der Waals surface area (Å²) < 4.78 is 45.7. The number of benzene rings is 1. The summed E-state index contributed by atoms with van der Waals surface area (Å²) in [4.78, 5) is 24.5. The number of fused-ring (bicyclic) bond motifs is 3. The summed E-state index contributed by atoms with van der Waals surface area (Å²) in [6, 6.07) is 5.96. The minimum atomic E-state index is -4.57. The van der Waals surface area contributed by atoms with E-state index >= 15 is 0 Å². The van der Waals surface area contributed by atoms with Crippen LogP contribution in [-0.4, -0.2) is 57.8 Å². The van der Waals surface area contributed by atoms with Crippen molar-refractivity contribution in [3.8, 4) is 0 Å². The lowest BCUT2D eigenvalue weighted by molar-refractivity contribution is -0.141. The fourth-order valence-corrected chi connectivity index (χ4v) is 5.04. The first-order valence-electron chi connectivity index (χ1n) is 11.5. The number of ether oxygens (including phenoxy) is 1. The lowest BCUT2D eigenvalue weighted by Gasteiger charge is -2.36. The van der Waals surface area contributed by atoms with Gasteiger partial charge in [0.1, 0.15) is 11.7 Å². The lowest BCUT2D eigenvalue weighted by atomic mass is 9.94. The van der Waals surface area contributed by atoms with E-state index in [0.717, 1.165) is 34.4 Å². The van der Waals surface area contributed by atoms with Crippen LogP contribution in [0.15, 0.2) is 42.9 Å². The molecule has 4 aromatic rings. The van der Waals surface area contributed by atoms with Crippen LogP contribution in [0.5, 0.6) is 0 Å². The molecule has 1 fully saturated rings. The van der Waals surface area contributed by atoms with E-state index in [-0.39, 0.29) is 5.95 Å². The van der Waals surface area contributed by atoms with Crippen molar-refractivity contribution in [1.29, 1.82) is 0 Å². The van der Waals surface area contributed by atoms with Gasteiger partial charge in [-0.25, -0.2) is 19.9 Å². The molecule has 186 valence electrons. The van der Waals surface area contributed by atoms with Gasteiger partial charge in [-0.05, 0) is 36.2 Å². The van der Waals surface area contributed by atoms with Gasteiger partial charge in [-0.3, -0.25) is 0 Å². The van der Waals surface area contributed by atoms with Gasteiger partial charge in [0.25, 0.3) is 0 Å². The van der Waals surface area contributed by atoms with Crippen LogP contribution in [0.1, 0.15) is 28.6 Å². The van der Waals surface area contributed by atoms with Gasteiger partial charge in [-0.2, -0.15) is 13.2 Å². The van der Waals surface area contributed by atoms with E-state index in [0.29, 0.717) is 55.8 Å². The highest BCUT2D eigenvalue weighted by molar-refractivity contribution is 6.31. The van der Waals surface area contributed by atoms with E-state index in [2.05, 4.69) is 24.9 Å². The number of anilines is 2. The predicted molar refractivity (Wildman–Crippen MR) is 128 cm³/mol. The molecule has 1 atom stereocenters. The third kappa shape index (κ3) is 4.11. The first-order valence-corrected chi connectivity index (χ1v) is 11.9. The maximum absolute atomic E-state index is 13.4. The van der Waals surface area contributed by atoms with E-state index in [1.54, 1.807) is 23.4 Å². The molecular weight excluding hydrogens is 495 g/mol. The predicted octanol–water partition coefficient (Wildman–Crippen LogP) is 4.41. The Morgan fingerprint density at radius 1 is 1.00 bits per heavy atom. The van der Waals surface area contributed by atoms with Crippen LogP contribution >= 0.6 is 11.6 Å². The van der Waals surface area contributed by atoms with E-state index in [9.17, 15) is 13.2 Å². The Morgan fingerprint density at radius 2 is 1.78 bits per heavy atom. The first kappa shape index (κ1) is 23.0. The topological polar surface area (TPSA) is 83.1 Å². The number of rotatable bonds is 3.